The normalized spacial score (nSPS) is 17.1. The molecule has 2 N–H and O–H groups in total. The topological polar surface area (TPSA) is 46.9 Å². The van der Waals surface area contributed by atoms with Gasteiger partial charge in [0.25, 0.3) is 0 Å². The van der Waals surface area contributed by atoms with Crippen molar-refractivity contribution in [3.63, 3.8) is 0 Å². The Labute approximate surface area is 130 Å². The maximum atomic E-state index is 9.32. The van der Waals surface area contributed by atoms with E-state index in [9.17, 15) is 10.2 Å². The predicted molar refractivity (Wildman–Crippen MR) is 78.3 cm³/mol. The zero-order valence-corrected chi connectivity index (χ0v) is 14.8. The van der Waals surface area contributed by atoms with Gasteiger partial charge in [0.2, 0.25) is 0 Å². The minimum Gasteiger partial charge on any atom is -0.378 e. The summed E-state index contributed by atoms with van der Waals surface area (Å²) in [5.41, 5.74) is 0. The Morgan fingerprint density at radius 3 is 1.00 bits per heavy atom. The summed E-state index contributed by atoms with van der Waals surface area (Å²) in [6.07, 6.45) is 1.49. The zero-order chi connectivity index (χ0) is 14.9. The van der Waals surface area contributed by atoms with Crippen molar-refractivity contribution >= 4 is 0 Å². The summed E-state index contributed by atoms with van der Waals surface area (Å²) in [6.45, 7) is 8.25. The maximum Gasteiger partial charge on any atom is 0.109 e. The SMILES string of the molecule is CCC(C)C(O)N(C)C.CCC(C)C(O)N(C)C.[Cu]. The van der Waals surface area contributed by atoms with Crippen molar-refractivity contribution in [2.45, 2.75) is 53.0 Å². The Hall–Kier alpha value is 0.359. The Morgan fingerprint density at radius 1 is 0.737 bits per heavy atom. The fraction of sp³-hybridized carbons (Fsp3) is 1.00. The molecule has 0 aromatic rings. The van der Waals surface area contributed by atoms with Gasteiger partial charge in [-0.1, -0.05) is 27.7 Å². The molecule has 0 heterocycles. The molecular weight excluding hydrogens is 292 g/mol. The molecule has 4 unspecified atom stereocenters. The molecule has 4 atom stereocenters. The van der Waals surface area contributed by atoms with Crippen LogP contribution in [0.5, 0.6) is 0 Å². The van der Waals surface area contributed by atoms with Crippen molar-refractivity contribution < 1.29 is 27.3 Å². The monoisotopic (exact) mass is 325 g/mol. The van der Waals surface area contributed by atoms with E-state index < -0.39 is 0 Å². The summed E-state index contributed by atoms with van der Waals surface area (Å²) < 4.78 is 0. The third-order valence-corrected chi connectivity index (χ3v) is 3.36. The standard InChI is InChI=1S/2C7H17NO.Cu/c2*1-5-6(2)7(9)8(3)4;/h2*6-7,9H,5H2,1-4H3;. The van der Waals surface area contributed by atoms with Gasteiger partial charge in [-0.3, -0.25) is 9.80 Å². The summed E-state index contributed by atoms with van der Waals surface area (Å²) in [7, 11) is 7.54. The molecule has 0 aliphatic carbocycles. The van der Waals surface area contributed by atoms with E-state index in [2.05, 4.69) is 13.8 Å². The second kappa shape index (κ2) is 13.3. The first kappa shape index (κ1) is 24.4. The molecule has 0 rings (SSSR count). The van der Waals surface area contributed by atoms with Gasteiger partial charge in [0, 0.05) is 17.1 Å². The summed E-state index contributed by atoms with van der Waals surface area (Å²) in [5, 5.41) is 18.6. The Balaban J connectivity index is -0.000000256. The number of rotatable bonds is 6. The molecule has 0 saturated heterocycles. The van der Waals surface area contributed by atoms with Gasteiger partial charge in [-0.15, -0.1) is 0 Å². The minimum absolute atomic E-state index is 0. The van der Waals surface area contributed by atoms with Gasteiger partial charge in [-0.2, -0.15) is 0 Å². The van der Waals surface area contributed by atoms with Crippen LogP contribution in [0.25, 0.3) is 0 Å². The van der Waals surface area contributed by atoms with E-state index in [1.54, 1.807) is 0 Å². The second-order valence-corrected chi connectivity index (χ2v) is 5.53. The number of aliphatic hydroxyl groups is 2. The van der Waals surface area contributed by atoms with Crippen molar-refractivity contribution in [3.8, 4) is 0 Å². The summed E-state index contributed by atoms with van der Waals surface area (Å²) in [5.74, 6) is 0.750. The molecule has 123 valence electrons. The van der Waals surface area contributed by atoms with E-state index in [-0.39, 0.29) is 29.5 Å². The third-order valence-electron chi connectivity index (χ3n) is 3.36. The molecule has 0 amide bonds. The Kier molecular flexibility index (Phi) is 17.1. The summed E-state index contributed by atoms with van der Waals surface area (Å²) in [4.78, 5) is 3.66. The summed E-state index contributed by atoms with van der Waals surface area (Å²) >= 11 is 0. The molecule has 0 aromatic carbocycles. The molecule has 5 heteroatoms. The Morgan fingerprint density at radius 2 is 0.947 bits per heavy atom. The van der Waals surface area contributed by atoms with Crippen molar-refractivity contribution in [2.75, 3.05) is 28.2 Å². The van der Waals surface area contributed by atoms with Crippen LogP contribution in [0.1, 0.15) is 40.5 Å². The van der Waals surface area contributed by atoms with Crippen LogP contribution in [0.4, 0.5) is 0 Å². The van der Waals surface area contributed by atoms with Crippen LogP contribution in [-0.4, -0.2) is 60.7 Å². The molecule has 19 heavy (non-hydrogen) atoms. The first-order valence-corrected chi connectivity index (χ1v) is 6.87. The van der Waals surface area contributed by atoms with Crippen molar-refractivity contribution in [1.82, 2.24) is 9.80 Å². The number of hydrogen-bond acceptors (Lipinski definition) is 4. The number of aliphatic hydroxyl groups excluding tert-OH is 2. The van der Waals surface area contributed by atoms with Gasteiger partial charge in [0.05, 0.1) is 0 Å². The van der Waals surface area contributed by atoms with Crippen LogP contribution in [-0.2, 0) is 17.1 Å². The van der Waals surface area contributed by atoms with Crippen LogP contribution in [0.3, 0.4) is 0 Å². The molecule has 4 nitrogen and oxygen atoms in total. The average Bonchev–Trinajstić information content (AvgIpc) is 2.35. The fourth-order valence-electron chi connectivity index (χ4n) is 1.44. The van der Waals surface area contributed by atoms with Crippen LogP contribution in [0, 0.1) is 11.8 Å². The van der Waals surface area contributed by atoms with Gasteiger partial charge >= 0.3 is 0 Å². The van der Waals surface area contributed by atoms with Gasteiger partial charge < -0.3 is 10.2 Å². The van der Waals surface area contributed by atoms with Gasteiger partial charge in [0.15, 0.2) is 0 Å². The van der Waals surface area contributed by atoms with E-state index >= 15 is 0 Å². The van der Waals surface area contributed by atoms with Crippen LogP contribution in [0.2, 0.25) is 0 Å². The molecule has 0 bridgehead atoms. The van der Waals surface area contributed by atoms with Crippen LogP contribution in [0.15, 0.2) is 0 Å². The summed E-state index contributed by atoms with van der Waals surface area (Å²) in [6, 6.07) is 0. The zero-order valence-electron chi connectivity index (χ0n) is 13.8. The van der Waals surface area contributed by atoms with E-state index in [1.807, 2.05) is 51.8 Å². The minimum atomic E-state index is -0.282. The molecule has 0 aliphatic rings. The van der Waals surface area contributed by atoms with Gasteiger partial charge in [-0.05, 0) is 52.9 Å². The smallest absolute Gasteiger partial charge is 0.109 e. The van der Waals surface area contributed by atoms with E-state index in [0.29, 0.717) is 11.8 Å². The third kappa shape index (κ3) is 11.9. The first-order valence-electron chi connectivity index (χ1n) is 6.87. The quantitative estimate of drug-likeness (QED) is 0.577. The maximum absolute atomic E-state index is 9.32. The second-order valence-electron chi connectivity index (χ2n) is 5.53. The fourth-order valence-corrected chi connectivity index (χ4v) is 1.44. The number of hydrogen-bond donors (Lipinski definition) is 2. The van der Waals surface area contributed by atoms with Crippen molar-refractivity contribution in [2.24, 2.45) is 11.8 Å². The van der Waals surface area contributed by atoms with Crippen molar-refractivity contribution in [1.29, 1.82) is 0 Å². The van der Waals surface area contributed by atoms with Gasteiger partial charge in [0.1, 0.15) is 12.5 Å². The molecule has 0 saturated carbocycles. The van der Waals surface area contributed by atoms with Gasteiger partial charge in [-0.25, -0.2) is 0 Å². The predicted octanol–water partition coefficient (Wildman–Crippen LogP) is 1.82. The molecule has 0 spiro atoms. The first-order chi connectivity index (χ1) is 8.18. The Bertz CT molecular complexity index is 172. The van der Waals surface area contributed by atoms with Crippen LogP contribution >= 0.6 is 0 Å². The van der Waals surface area contributed by atoms with Crippen LogP contribution < -0.4 is 0 Å². The molecule has 0 aliphatic heterocycles. The molecular formula is C14H34CuN2O2. The molecule has 1 radical (unpaired) electrons. The largest absolute Gasteiger partial charge is 0.378 e. The number of nitrogens with zero attached hydrogens (tertiary/aromatic N) is 2. The van der Waals surface area contributed by atoms with E-state index in [4.69, 9.17) is 0 Å². The van der Waals surface area contributed by atoms with Crippen molar-refractivity contribution in [3.05, 3.63) is 0 Å². The molecule has 0 aromatic heterocycles. The van der Waals surface area contributed by atoms with E-state index in [1.165, 1.54) is 0 Å². The van der Waals surface area contributed by atoms with E-state index in [0.717, 1.165) is 12.8 Å². The average molecular weight is 326 g/mol. The molecule has 0 fully saturated rings.